The van der Waals surface area contributed by atoms with Gasteiger partial charge < -0.3 is 10.2 Å². The number of anilines is 2. The molecule has 1 aromatic heterocycles. The lowest BCUT2D eigenvalue weighted by molar-refractivity contribution is 0.133. The molecule has 0 aliphatic carbocycles. The Bertz CT molecular complexity index is 1220. The minimum absolute atomic E-state index is 0. The molecule has 2 fully saturated rings. The van der Waals surface area contributed by atoms with E-state index >= 15 is 0 Å². The van der Waals surface area contributed by atoms with Crippen LogP contribution in [-0.2, 0) is 0 Å². The number of rotatable bonds is 4. The molecular formula is C27H33ClN6. The normalized spacial score (nSPS) is 19.1. The molecule has 178 valence electrons. The van der Waals surface area contributed by atoms with Gasteiger partial charge in [-0.25, -0.2) is 0 Å². The van der Waals surface area contributed by atoms with Crippen molar-refractivity contribution in [3.05, 3.63) is 58.8 Å². The SMILES string of the molecule is Cc1c(C#N)cccc1C(C)Nc1nnc(C)c2ccc(N3CCN4CCCC[C@@H]4C3)cc12.Cl. The van der Waals surface area contributed by atoms with Crippen molar-refractivity contribution in [1.29, 1.82) is 5.26 Å². The molecule has 2 atom stereocenters. The van der Waals surface area contributed by atoms with Crippen LogP contribution in [0.1, 0.15) is 54.6 Å². The summed E-state index contributed by atoms with van der Waals surface area (Å²) >= 11 is 0. The number of piperidine rings is 1. The summed E-state index contributed by atoms with van der Waals surface area (Å²) < 4.78 is 0. The van der Waals surface area contributed by atoms with Crippen molar-refractivity contribution in [3.8, 4) is 6.07 Å². The Morgan fingerprint density at radius 1 is 1.06 bits per heavy atom. The van der Waals surface area contributed by atoms with E-state index in [-0.39, 0.29) is 18.4 Å². The molecule has 3 aromatic rings. The van der Waals surface area contributed by atoms with Gasteiger partial charge in [-0.15, -0.1) is 17.5 Å². The van der Waals surface area contributed by atoms with Crippen molar-refractivity contribution in [1.82, 2.24) is 15.1 Å². The van der Waals surface area contributed by atoms with Crippen molar-refractivity contribution in [2.75, 3.05) is 36.4 Å². The molecule has 0 radical (unpaired) electrons. The quantitative estimate of drug-likeness (QED) is 0.544. The second-order valence-electron chi connectivity index (χ2n) is 9.49. The van der Waals surface area contributed by atoms with Crippen LogP contribution in [0.2, 0.25) is 0 Å². The third-order valence-corrected chi connectivity index (χ3v) is 7.47. The molecule has 5 rings (SSSR count). The first-order valence-corrected chi connectivity index (χ1v) is 12.1. The van der Waals surface area contributed by atoms with Gasteiger partial charge in [0.2, 0.25) is 0 Å². The third-order valence-electron chi connectivity index (χ3n) is 7.47. The molecule has 2 saturated heterocycles. The van der Waals surface area contributed by atoms with Crippen molar-refractivity contribution in [2.24, 2.45) is 0 Å². The summed E-state index contributed by atoms with van der Waals surface area (Å²) in [7, 11) is 0. The van der Waals surface area contributed by atoms with E-state index in [9.17, 15) is 5.26 Å². The summed E-state index contributed by atoms with van der Waals surface area (Å²) in [5.41, 5.74) is 5.03. The zero-order valence-corrected chi connectivity index (χ0v) is 21.0. The molecule has 2 aliphatic heterocycles. The molecule has 2 aromatic carbocycles. The average Bonchev–Trinajstić information content (AvgIpc) is 2.85. The monoisotopic (exact) mass is 476 g/mol. The topological polar surface area (TPSA) is 68.1 Å². The predicted molar refractivity (Wildman–Crippen MR) is 141 cm³/mol. The number of piperazine rings is 1. The van der Waals surface area contributed by atoms with Crippen LogP contribution in [0, 0.1) is 25.2 Å². The van der Waals surface area contributed by atoms with Crippen LogP contribution >= 0.6 is 12.4 Å². The van der Waals surface area contributed by atoms with Crippen LogP contribution in [-0.4, -0.2) is 47.3 Å². The number of aryl methyl sites for hydroxylation is 1. The summed E-state index contributed by atoms with van der Waals surface area (Å²) in [6.07, 6.45) is 3.99. The van der Waals surface area contributed by atoms with Gasteiger partial charge in [0.15, 0.2) is 5.82 Å². The summed E-state index contributed by atoms with van der Waals surface area (Å²) in [5, 5.41) is 24.2. The van der Waals surface area contributed by atoms with Gasteiger partial charge in [0.25, 0.3) is 0 Å². The van der Waals surface area contributed by atoms with Crippen LogP contribution in [0.15, 0.2) is 36.4 Å². The molecule has 0 saturated carbocycles. The number of hydrogen-bond acceptors (Lipinski definition) is 6. The van der Waals surface area contributed by atoms with Gasteiger partial charge >= 0.3 is 0 Å². The molecule has 34 heavy (non-hydrogen) atoms. The van der Waals surface area contributed by atoms with Gasteiger partial charge in [0.1, 0.15) is 0 Å². The predicted octanol–water partition coefficient (Wildman–Crippen LogP) is 5.39. The number of hydrogen-bond donors (Lipinski definition) is 1. The highest BCUT2D eigenvalue weighted by molar-refractivity contribution is 5.95. The Kier molecular flexibility index (Phi) is 7.25. The first-order chi connectivity index (χ1) is 16.0. The highest BCUT2D eigenvalue weighted by atomic mass is 35.5. The van der Waals surface area contributed by atoms with E-state index in [1.165, 1.54) is 31.5 Å². The number of halogens is 1. The maximum Gasteiger partial charge on any atom is 0.157 e. The van der Waals surface area contributed by atoms with Crippen LogP contribution in [0.3, 0.4) is 0 Å². The molecule has 2 aliphatic rings. The molecule has 1 unspecified atom stereocenters. The fourth-order valence-electron chi connectivity index (χ4n) is 5.50. The lowest BCUT2D eigenvalue weighted by Gasteiger charge is -2.45. The zero-order valence-electron chi connectivity index (χ0n) is 20.2. The lowest BCUT2D eigenvalue weighted by atomic mass is 9.98. The Labute approximate surface area is 208 Å². The van der Waals surface area contributed by atoms with E-state index in [0.29, 0.717) is 11.6 Å². The average molecular weight is 477 g/mol. The van der Waals surface area contributed by atoms with Crippen LogP contribution < -0.4 is 10.2 Å². The smallest absolute Gasteiger partial charge is 0.157 e. The van der Waals surface area contributed by atoms with E-state index in [2.05, 4.69) is 62.6 Å². The van der Waals surface area contributed by atoms with E-state index in [1.807, 2.05) is 26.0 Å². The third kappa shape index (κ3) is 4.55. The number of aromatic nitrogens is 2. The molecule has 0 bridgehead atoms. The molecule has 6 nitrogen and oxygen atoms in total. The summed E-state index contributed by atoms with van der Waals surface area (Å²) in [6.45, 7) is 10.7. The maximum atomic E-state index is 9.41. The number of nitrogens with zero attached hydrogens (tertiary/aromatic N) is 5. The summed E-state index contributed by atoms with van der Waals surface area (Å²) in [6, 6.07) is 15.6. The van der Waals surface area contributed by atoms with Crippen LogP contribution in [0.4, 0.5) is 11.5 Å². The van der Waals surface area contributed by atoms with Crippen molar-refractivity contribution < 1.29 is 0 Å². The fourth-order valence-corrected chi connectivity index (χ4v) is 5.50. The second kappa shape index (κ2) is 10.2. The minimum Gasteiger partial charge on any atom is -0.369 e. The first kappa shape index (κ1) is 24.3. The Balaban J connectivity index is 0.00000274. The van der Waals surface area contributed by atoms with Crippen molar-refractivity contribution in [2.45, 2.75) is 52.1 Å². The highest BCUT2D eigenvalue weighted by Crippen LogP contribution is 2.32. The standard InChI is InChI=1S/C27H32N6.ClH/c1-18-21(16-28)7-6-9-24(18)19(2)29-27-26-15-22(10-11-25(26)20(3)30-31-27)33-14-13-32-12-5-4-8-23(32)17-33;/h6-7,9-11,15,19,23H,4-5,8,12-14,17H2,1-3H3,(H,29,31);1H/t19?,23-;/m1./s1. The second-order valence-corrected chi connectivity index (χ2v) is 9.49. The van der Waals surface area contributed by atoms with Gasteiger partial charge in [-0.3, -0.25) is 4.90 Å². The number of nitriles is 1. The van der Waals surface area contributed by atoms with Gasteiger partial charge in [0, 0.05) is 42.1 Å². The Hall–Kier alpha value is -2.88. The molecule has 1 N–H and O–H groups in total. The van der Waals surface area contributed by atoms with Crippen LogP contribution in [0.5, 0.6) is 0 Å². The van der Waals surface area contributed by atoms with Gasteiger partial charge in [-0.1, -0.05) is 24.6 Å². The minimum atomic E-state index is 0. The van der Waals surface area contributed by atoms with Gasteiger partial charge in [0.05, 0.1) is 23.4 Å². The first-order valence-electron chi connectivity index (χ1n) is 12.1. The fraction of sp³-hybridized carbons (Fsp3) is 0.444. The zero-order chi connectivity index (χ0) is 22.9. The summed E-state index contributed by atoms with van der Waals surface area (Å²) in [5.74, 6) is 0.794. The van der Waals surface area contributed by atoms with E-state index < -0.39 is 0 Å². The number of benzene rings is 2. The molecule has 0 amide bonds. The van der Waals surface area contributed by atoms with Crippen molar-refractivity contribution >= 4 is 34.7 Å². The maximum absolute atomic E-state index is 9.41. The molecule has 0 spiro atoms. The Morgan fingerprint density at radius 2 is 1.91 bits per heavy atom. The summed E-state index contributed by atoms with van der Waals surface area (Å²) in [4.78, 5) is 5.21. The van der Waals surface area contributed by atoms with Crippen LogP contribution in [0.25, 0.3) is 10.8 Å². The molecule has 3 heterocycles. The lowest BCUT2D eigenvalue weighted by Crippen LogP contribution is -2.54. The highest BCUT2D eigenvalue weighted by Gasteiger charge is 2.29. The molecular weight excluding hydrogens is 444 g/mol. The Morgan fingerprint density at radius 3 is 2.74 bits per heavy atom. The van der Waals surface area contributed by atoms with E-state index in [4.69, 9.17) is 0 Å². The largest absolute Gasteiger partial charge is 0.369 e. The van der Waals surface area contributed by atoms with E-state index in [1.54, 1.807) is 0 Å². The number of fused-ring (bicyclic) bond motifs is 2. The van der Waals surface area contributed by atoms with E-state index in [0.717, 1.165) is 53.0 Å². The number of nitrogens with one attached hydrogen (secondary N) is 1. The van der Waals surface area contributed by atoms with Crippen molar-refractivity contribution in [3.63, 3.8) is 0 Å². The van der Waals surface area contributed by atoms with Gasteiger partial charge in [-0.05, 0) is 69.5 Å². The van der Waals surface area contributed by atoms with Gasteiger partial charge in [-0.2, -0.15) is 10.4 Å². The molecule has 7 heteroatoms.